The quantitative estimate of drug-likeness (QED) is 0.630. The molecule has 0 heterocycles. The van der Waals surface area contributed by atoms with E-state index < -0.39 is 15.8 Å². The second-order valence-electron chi connectivity index (χ2n) is 4.24. The summed E-state index contributed by atoms with van der Waals surface area (Å²) in [5.41, 5.74) is 0.106. The predicted octanol–water partition coefficient (Wildman–Crippen LogP) is 3.62. The first-order valence-corrected chi connectivity index (χ1v) is 8.40. The van der Waals surface area contributed by atoms with E-state index in [1.54, 1.807) is 12.1 Å². The molecular weight excluding hydrogens is 335 g/mol. The fourth-order valence-corrected chi connectivity index (χ4v) is 2.57. The van der Waals surface area contributed by atoms with Crippen LogP contribution in [0, 0.1) is 0 Å². The number of esters is 1. The molecule has 0 saturated heterocycles. The first kappa shape index (κ1) is 15.8. The molecule has 0 aliphatic carbocycles. The van der Waals surface area contributed by atoms with Gasteiger partial charge in [-0.05, 0) is 30.3 Å². The van der Waals surface area contributed by atoms with Gasteiger partial charge in [-0.2, -0.15) is 0 Å². The highest BCUT2D eigenvalue weighted by molar-refractivity contribution is 7.90. The average molecular weight is 345 g/mol. The number of carbonyl (C=O) groups is 1. The van der Waals surface area contributed by atoms with Crippen LogP contribution in [-0.4, -0.2) is 20.6 Å². The number of sulfone groups is 1. The van der Waals surface area contributed by atoms with E-state index in [0.29, 0.717) is 0 Å². The number of hydrogen-bond acceptors (Lipinski definition) is 4. The van der Waals surface area contributed by atoms with Crippen molar-refractivity contribution in [3.63, 3.8) is 0 Å². The zero-order chi connectivity index (χ0) is 15.6. The molecule has 0 aliphatic heterocycles. The smallest absolute Gasteiger partial charge is 0.343 e. The minimum absolute atomic E-state index is 0.0362. The summed E-state index contributed by atoms with van der Waals surface area (Å²) in [7, 11) is -3.40. The van der Waals surface area contributed by atoms with Crippen molar-refractivity contribution in [3.05, 3.63) is 58.1 Å². The zero-order valence-electron chi connectivity index (χ0n) is 10.8. The highest BCUT2D eigenvalue weighted by atomic mass is 35.5. The molecule has 7 heteroatoms. The Labute approximate surface area is 132 Å². The Morgan fingerprint density at radius 2 is 1.76 bits per heavy atom. The fraction of sp³-hybridized carbons (Fsp3) is 0.0714. The molecule has 4 nitrogen and oxygen atoms in total. The molecule has 0 unspecified atom stereocenters. The number of hydrogen-bond donors (Lipinski definition) is 0. The van der Waals surface area contributed by atoms with Gasteiger partial charge in [0.05, 0.1) is 15.5 Å². The summed E-state index contributed by atoms with van der Waals surface area (Å²) in [6.45, 7) is 0. The SMILES string of the molecule is CS(=O)(=O)c1cccc(C(=O)Oc2cccc(Cl)c2Cl)c1. The lowest BCUT2D eigenvalue weighted by Crippen LogP contribution is -2.10. The molecule has 110 valence electrons. The summed E-state index contributed by atoms with van der Waals surface area (Å²) >= 11 is 11.7. The molecule has 2 aromatic rings. The molecule has 0 bridgehead atoms. The number of ether oxygens (including phenoxy) is 1. The Morgan fingerprint density at radius 1 is 1.10 bits per heavy atom. The zero-order valence-corrected chi connectivity index (χ0v) is 13.2. The Morgan fingerprint density at radius 3 is 2.43 bits per heavy atom. The van der Waals surface area contributed by atoms with Gasteiger partial charge in [0.25, 0.3) is 0 Å². The normalized spacial score (nSPS) is 11.2. The lowest BCUT2D eigenvalue weighted by Gasteiger charge is -2.07. The number of rotatable bonds is 3. The molecule has 0 aromatic heterocycles. The first-order valence-electron chi connectivity index (χ1n) is 5.75. The van der Waals surface area contributed by atoms with Crippen LogP contribution in [0.3, 0.4) is 0 Å². The van der Waals surface area contributed by atoms with Crippen molar-refractivity contribution in [2.75, 3.05) is 6.26 Å². The van der Waals surface area contributed by atoms with Gasteiger partial charge < -0.3 is 4.74 Å². The van der Waals surface area contributed by atoms with Crippen LogP contribution >= 0.6 is 23.2 Å². The van der Waals surface area contributed by atoms with E-state index in [-0.39, 0.29) is 26.3 Å². The summed E-state index contributed by atoms with van der Waals surface area (Å²) in [6, 6.07) is 10.2. The Balaban J connectivity index is 2.31. The van der Waals surface area contributed by atoms with Gasteiger partial charge >= 0.3 is 5.97 Å². The average Bonchev–Trinajstić information content (AvgIpc) is 2.43. The van der Waals surface area contributed by atoms with Crippen molar-refractivity contribution in [2.45, 2.75) is 4.90 Å². The third kappa shape index (κ3) is 3.75. The van der Waals surface area contributed by atoms with E-state index in [1.807, 2.05) is 0 Å². The molecular formula is C14H10Cl2O4S. The molecule has 0 fully saturated rings. The van der Waals surface area contributed by atoms with Crippen LogP contribution in [0.4, 0.5) is 0 Å². The van der Waals surface area contributed by atoms with Crippen LogP contribution in [0.5, 0.6) is 5.75 Å². The monoisotopic (exact) mass is 344 g/mol. The van der Waals surface area contributed by atoms with Gasteiger partial charge in [-0.1, -0.05) is 35.3 Å². The molecule has 21 heavy (non-hydrogen) atoms. The maximum Gasteiger partial charge on any atom is 0.343 e. The molecule has 0 atom stereocenters. The lowest BCUT2D eigenvalue weighted by molar-refractivity contribution is 0.0734. The van der Waals surface area contributed by atoms with Crippen LogP contribution in [-0.2, 0) is 9.84 Å². The van der Waals surface area contributed by atoms with E-state index >= 15 is 0 Å². The Bertz CT molecular complexity index is 800. The van der Waals surface area contributed by atoms with E-state index in [0.717, 1.165) is 6.26 Å². The predicted molar refractivity (Wildman–Crippen MR) is 81.0 cm³/mol. The van der Waals surface area contributed by atoms with Gasteiger partial charge in [-0.15, -0.1) is 0 Å². The number of benzene rings is 2. The standard InChI is InChI=1S/C14H10Cl2O4S/c1-21(18,19)10-5-2-4-9(8-10)14(17)20-12-7-3-6-11(15)13(12)16/h2-8H,1H3. The van der Waals surface area contributed by atoms with Crippen LogP contribution < -0.4 is 4.74 Å². The maximum absolute atomic E-state index is 12.0. The van der Waals surface area contributed by atoms with Gasteiger partial charge in [-0.25, -0.2) is 13.2 Å². The van der Waals surface area contributed by atoms with Crippen molar-refractivity contribution in [1.29, 1.82) is 0 Å². The molecule has 2 rings (SSSR count). The summed E-state index contributed by atoms with van der Waals surface area (Å²) < 4.78 is 28.1. The van der Waals surface area contributed by atoms with E-state index in [1.165, 1.54) is 30.3 Å². The molecule has 0 N–H and O–H groups in total. The minimum Gasteiger partial charge on any atom is -0.421 e. The molecule has 0 amide bonds. The summed E-state index contributed by atoms with van der Waals surface area (Å²) in [6.07, 6.45) is 1.06. The van der Waals surface area contributed by atoms with Crippen LogP contribution in [0.1, 0.15) is 10.4 Å². The second kappa shape index (κ2) is 6.05. The Kier molecular flexibility index (Phi) is 4.56. The highest BCUT2D eigenvalue weighted by Crippen LogP contribution is 2.32. The van der Waals surface area contributed by atoms with Crippen molar-refractivity contribution in [3.8, 4) is 5.75 Å². The molecule has 0 spiro atoms. The number of halogens is 2. The third-order valence-electron chi connectivity index (χ3n) is 2.62. The van der Waals surface area contributed by atoms with Crippen molar-refractivity contribution >= 4 is 39.0 Å². The number of carbonyl (C=O) groups excluding carboxylic acids is 1. The maximum atomic E-state index is 12.0. The van der Waals surface area contributed by atoms with E-state index in [9.17, 15) is 13.2 Å². The highest BCUT2D eigenvalue weighted by Gasteiger charge is 2.15. The fourth-order valence-electron chi connectivity index (χ4n) is 1.58. The van der Waals surface area contributed by atoms with Crippen molar-refractivity contribution in [2.24, 2.45) is 0 Å². The van der Waals surface area contributed by atoms with Crippen LogP contribution in [0.25, 0.3) is 0 Å². The lowest BCUT2D eigenvalue weighted by atomic mass is 10.2. The van der Waals surface area contributed by atoms with Crippen LogP contribution in [0.15, 0.2) is 47.4 Å². The van der Waals surface area contributed by atoms with Gasteiger partial charge in [-0.3, -0.25) is 0 Å². The third-order valence-corrected chi connectivity index (χ3v) is 4.53. The van der Waals surface area contributed by atoms with E-state index in [4.69, 9.17) is 27.9 Å². The first-order chi connectivity index (χ1) is 9.79. The molecule has 0 radical (unpaired) electrons. The molecule has 0 saturated carbocycles. The van der Waals surface area contributed by atoms with Gasteiger partial charge in [0.2, 0.25) is 0 Å². The van der Waals surface area contributed by atoms with Crippen LogP contribution in [0.2, 0.25) is 10.0 Å². The largest absolute Gasteiger partial charge is 0.421 e. The topological polar surface area (TPSA) is 60.4 Å². The molecule has 2 aromatic carbocycles. The van der Waals surface area contributed by atoms with Crippen molar-refractivity contribution < 1.29 is 17.9 Å². The minimum atomic E-state index is -3.40. The summed E-state index contributed by atoms with van der Waals surface area (Å²) in [5, 5.41) is 0.374. The van der Waals surface area contributed by atoms with Gasteiger partial charge in [0.1, 0.15) is 5.02 Å². The van der Waals surface area contributed by atoms with Gasteiger partial charge in [0, 0.05) is 6.26 Å². The van der Waals surface area contributed by atoms with Crippen molar-refractivity contribution in [1.82, 2.24) is 0 Å². The van der Waals surface area contributed by atoms with E-state index in [2.05, 4.69) is 0 Å². The summed E-state index contributed by atoms with van der Waals surface area (Å²) in [5.74, 6) is -0.608. The Hall–Kier alpha value is -1.56. The summed E-state index contributed by atoms with van der Waals surface area (Å²) in [4.78, 5) is 12.1. The second-order valence-corrected chi connectivity index (χ2v) is 7.04. The molecule has 0 aliphatic rings. The van der Waals surface area contributed by atoms with Gasteiger partial charge in [0.15, 0.2) is 15.6 Å².